The van der Waals surface area contributed by atoms with E-state index < -0.39 is 0 Å². The third-order valence-corrected chi connectivity index (χ3v) is 3.57. The molecule has 0 radical (unpaired) electrons. The number of hydrogen-bond acceptors (Lipinski definition) is 2. The molecule has 0 aromatic carbocycles. The van der Waals surface area contributed by atoms with Gasteiger partial charge >= 0.3 is 5.97 Å². The molecule has 2 fully saturated rings. The van der Waals surface area contributed by atoms with Crippen LogP contribution in [0.4, 0.5) is 0 Å². The minimum atomic E-state index is -0.215. The van der Waals surface area contributed by atoms with Gasteiger partial charge in [0, 0.05) is 0 Å². The average molecular weight is 168 g/mol. The SMILES string of the molecule is CC12CCC(C1)C(C)(C)OC2=O. The molecule has 1 aliphatic heterocycles. The molecule has 2 atom stereocenters. The topological polar surface area (TPSA) is 26.3 Å². The Morgan fingerprint density at radius 2 is 2.08 bits per heavy atom. The zero-order valence-electron chi connectivity index (χ0n) is 8.02. The number of rotatable bonds is 0. The van der Waals surface area contributed by atoms with Crippen molar-refractivity contribution in [1.82, 2.24) is 0 Å². The van der Waals surface area contributed by atoms with Gasteiger partial charge in [0.05, 0.1) is 5.41 Å². The fourth-order valence-corrected chi connectivity index (χ4v) is 2.46. The smallest absolute Gasteiger partial charge is 0.312 e. The van der Waals surface area contributed by atoms with Crippen molar-refractivity contribution in [2.45, 2.75) is 45.6 Å². The summed E-state index contributed by atoms with van der Waals surface area (Å²) in [5, 5.41) is 0. The number of hydrogen-bond donors (Lipinski definition) is 0. The van der Waals surface area contributed by atoms with E-state index in [0.29, 0.717) is 5.92 Å². The van der Waals surface area contributed by atoms with Crippen LogP contribution in [-0.2, 0) is 9.53 Å². The number of carbonyl (C=O) groups excluding carboxylic acids is 1. The molecule has 68 valence electrons. The van der Waals surface area contributed by atoms with E-state index in [4.69, 9.17) is 4.74 Å². The van der Waals surface area contributed by atoms with Gasteiger partial charge in [-0.1, -0.05) is 0 Å². The van der Waals surface area contributed by atoms with E-state index in [2.05, 4.69) is 0 Å². The predicted molar refractivity (Wildman–Crippen MR) is 45.6 cm³/mol. The second-order valence-corrected chi connectivity index (χ2v) is 4.99. The maximum Gasteiger partial charge on any atom is 0.312 e. The molecule has 1 saturated heterocycles. The molecular formula is C10H16O2. The lowest BCUT2D eigenvalue weighted by molar-refractivity contribution is -0.180. The first-order valence-electron chi connectivity index (χ1n) is 4.67. The molecule has 1 heterocycles. The molecule has 2 unspecified atom stereocenters. The molecule has 2 nitrogen and oxygen atoms in total. The first kappa shape index (κ1) is 8.09. The normalized spacial score (nSPS) is 44.2. The minimum Gasteiger partial charge on any atom is -0.459 e. The molecule has 12 heavy (non-hydrogen) atoms. The summed E-state index contributed by atoms with van der Waals surface area (Å²) >= 11 is 0. The van der Waals surface area contributed by atoms with Crippen LogP contribution < -0.4 is 0 Å². The Bertz CT molecular complexity index is 232. The van der Waals surface area contributed by atoms with Gasteiger partial charge in [0.25, 0.3) is 0 Å². The van der Waals surface area contributed by atoms with Crippen LogP contribution in [0, 0.1) is 11.3 Å². The summed E-state index contributed by atoms with van der Waals surface area (Å²) in [4.78, 5) is 11.6. The fraction of sp³-hybridized carbons (Fsp3) is 0.900. The standard InChI is InChI=1S/C10H16O2/c1-9(2)7-4-5-10(3,6-7)8(11)12-9/h7H,4-6H2,1-3H3. The molecule has 2 aliphatic rings. The molecule has 0 N–H and O–H groups in total. The predicted octanol–water partition coefficient (Wildman–Crippen LogP) is 2.13. The Balaban J connectivity index is 2.31. The van der Waals surface area contributed by atoms with Gasteiger partial charge < -0.3 is 4.74 Å². The van der Waals surface area contributed by atoms with E-state index in [1.165, 1.54) is 0 Å². The third-order valence-electron chi connectivity index (χ3n) is 3.57. The van der Waals surface area contributed by atoms with Crippen molar-refractivity contribution in [3.05, 3.63) is 0 Å². The number of carbonyl (C=O) groups is 1. The highest BCUT2D eigenvalue weighted by Gasteiger charge is 2.54. The van der Waals surface area contributed by atoms with E-state index in [-0.39, 0.29) is 17.0 Å². The van der Waals surface area contributed by atoms with Gasteiger partial charge in [0.1, 0.15) is 5.60 Å². The molecule has 1 saturated carbocycles. The lowest BCUT2D eigenvalue weighted by Crippen LogP contribution is -2.44. The quantitative estimate of drug-likeness (QED) is 0.518. The first-order valence-corrected chi connectivity index (χ1v) is 4.67. The highest BCUT2D eigenvalue weighted by molar-refractivity contribution is 5.78. The van der Waals surface area contributed by atoms with E-state index in [9.17, 15) is 4.79 Å². The summed E-state index contributed by atoms with van der Waals surface area (Å²) in [7, 11) is 0. The van der Waals surface area contributed by atoms with Crippen molar-refractivity contribution in [3.8, 4) is 0 Å². The van der Waals surface area contributed by atoms with Gasteiger partial charge in [-0.15, -0.1) is 0 Å². The average Bonchev–Trinajstić information content (AvgIpc) is 2.28. The van der Waals surface area contributed by atoms with Crippen LogP contribution in [0.25, 0.3) is 0 Å². The Hall–Kier alpha value is -0.530. The van der Waals surface area contributed by atoms with Crippen LogP contribution in [0.1, 0.15) is 40.0 Å². The number of ether oxygens (including phenoxy) is 1. The van der Waals surface area contributed by atoms with E-state index in [1.54, 1.807) is 0 Å². The minimum absolute atomic E-state index is 0.0150. The van der Waals surface area contributed by atoms with E-state index >= 15 is 0 Å². The molecule has 2 rings (SSSR count). The maximum absolute atomic E-state index is 11.6. The van der Waals surface area contributed by atoms with Crippen molar-refractivity contribution in [2.24, 2.45) is 11.3 Å². The molecular weight excluding hydrogens is 152 g/mol. The summed E-state index contributed by atoms with van der Waals surface area (Å²) in [6, 6.07) is 0. The zero-order chi connectivity index (χ0) is 8.98. The van der Waals surface area contributed by atoms with Crippen LogP contribution >= 0.6 is 0 Å². The monoisotopic (exact) mass is 168 g/mol. The van der Waals surface area contributed by atoms with E-state index in [0.717, 1.165) is 19.3 Å². The second kappa shape index (κ2) is 2.04. The van der Waals surface area contributed by atoms with Crippen LogP contribution in [0.3, 0.4) is 0 Å². The highest BCUT2D eigenvalue weighted by Crippen LogP contribution is 2.52. The van der Waals surface area contributed by atoms with Crippen molar-refractivity contribution >= 4 is 5.97 Å². The largest absolute Gasteiger partial charge is 0.459 e. The van der Waals surface area contributed by atoms with Crippen LogP contribution in [0.15, 0.2) is 0 Å². The van der Waals surface area contributed by atoms with Gasteiger partial charge in [-0.2, -0.15) is 0 Å². The summed E-state index contributed by atoms with van der Waals surface area (Å²) < 4.78 is 5.42. The number of fused-ring (bicyclic) bond motifs is 2. The Kier molecular flexibility index (Phi) is 1.37. The molecule has 1 aliphatic carbocycles. The molecule has 2 heteroatoms. The van der Waals surface area contributed by atoms with Crippen LogP contribution in [-0.4, -0.2) is 11.6 Å². The molecule has 0 aromatic heterocycles. The van der Waals surface area contributed by atoms with Gasteiger partial charge in [0.2, 0.25) is 0 Å². The van der Waals surface area contributed by atoms with Crippen LogP contribution in [0.2, 0.25) is 0 Å². The van der Waals surface area contributed by atoms with E-state index in [1.807, 2.05) is 20.8 Å². The third kappa shape index (κ3) is 0.900. The van der Waals surface area contributed by atoms with Crippen molar-refractivity contribution < 1.29 is 9.53 Å². The van der Waals surface area contributed by atoms with Crippen molar-refractivity contribution in [1.29, 1.82) is 0 Å². The lowest BCUT2D eigenvalue weighted by Gasteiger charge is -2.39. The molecule has 0 aromatic rings. The van der Waals surface area contributed by atoms with Gasteiger partial charge in [0.15, 0.2) is 0 Å². The Labute approximate surface area is 73.3 Å². The highest BCUT2D eigenvalue weighted by atomic mass is 16.6. The Morgan fingerprint density at radius 3 is 2.75 bits per heavy atom. The fourth-order valence-electron chi connectivity index (χ4n) is 2.46. The molecule has 0 amide bonds. The summed E-state index contributed by atoms with van der Waals surface area (Å²) in [5.74, 6) is 0.599. The lowest BCUT2D eigenvalue weighted by atomic mass is 9.80. The van der Waals surface area contributed by atoms with Gasteiger partial charge in [-0.05, 0) is 46.0 Å². The van der Waals surface area contributed by atoms with Crippen molar-refractivity contribution in [2.75, 3.05) is 0 Å². The molecule has 2 bridgehead atoms. The summed E-state index contributed by atoms with van der Waals surface area (Å²) in [5.41, 5.74) is -0.368. The summed E-state index contributed by atoms with van der Waals surface area (Å²) in [6.45, 7) is 6.09. The van der Waals surface area contributed by atoms with Gasteiger partial charge in [-0.3, -0.25) is 4.79 Å². The second-order valence-electron chi connectivity index (χ2n) is 4.99. The summed E-state index contributed by atoms with van der Waals surface area (Å²) in [6.07, 6.45) is 3.19. The number of esters is 1. The zero-order valence-corrected chi connectivity index (χ0v) is 8.02. The maximum atomic E-state index is 11.6. The molecule has 0 spiro atoms. The van der Waals surface area contributed by atoms with Crippen LogP contribution in [0.5, 0.6) is 0 Å². The Morgan fingerprint density at radius 1 is 1.42 bits per heavy atom. The first-order chi connectivity index (χ1) is 5.44. The van der Waals surface area contributed by atoms with Crippen molar-refractivity contribution in [3.63, 3.8) is 0 Å². The number of cyclic esters (lactones) is 1. The van der Waals surface area contributed by atoms with Gasteiger partial charge in [-0.25, -0.2) is 0 Å².